The SMILES string of the molecule is CC(C)CC(CNC(=O)NCc1ccc(Br)s1)CC(=O)O. The van der Waals surface area contributed by atoms with Crippen molar-refractivity contribution in [3.05, 3.63) is 20.8 Å². The van der Waals surface area contributed by atoms with Crippen LogP contribution < -0.4 is 10.6 Å². The molecule has 1 unspecified atom stereocenters. The summed E-state index contributed by atoms with van der Waals surface area (Å²) in [6.45, 7) is 4.94. The minimum Gasteiger partial charge on any atom is -0.481 e. The predicted octanol–water partition coefficient (Wildman–Crippen LogP) is 3.45. The summed E-state index contributed by atoms with van der Waals surface area (Å²) in [5.41, 5.74) is 0. The van der Waals surface area contributed by atoms with Gasteiger partial charge in [-0.3, -0.25) is 4.79 Å². The van der Waals surface area contributed by atoms with Crippen molar-refractivity contribution in [2.24, 2.45) is 11.8 Å². The van der Waals surface area contributed by atoms with Gasteiger partial charge in [0.2, 0.25) is 0 Å². The summed E-state index contributed by atoms with van der Waals surface area (Å²) >= 11 is 4.94. The number of nitrogens with one attached hydrogen (secondary N) is 2. The third-order valence-corrected chi connectivity index (χ3v) is 4.49. The fourth-order valence-corrected chi connectivity index (χ4v) is 3.49. The molecule has 0 aromatic carbocycles. The van der Waals surface area contributed by atoms with Crippen LogP contribution in [-0.4, -0.2) is 23.7 Å². The Balaban J connectivity index is 2.33. The molecular formula is C14H21BrN2O3S. The van der Waals surface area contributed by atoms with E-state index in [1.807, 2.05) is 26.0 Å². The maximum absolute atomic E-state index is 11.7. The normalized spacial score (nSPS) is 12.2. The molecule has 0 saturated carbocycles. The van der Waals surface area contributed by atoms with Crippen LogP contribution in [0.2, 0.25) is 0 Å². The first-order valence-corrected chi connectivity index (χ1v) is 8.45. The van der Waals surface area contributed by atoms with Gasteiger partial charge in [-0.2, -0.15) is 0 Å². The molecule has 0 saturated heterocycles. The Morgan fingerprint density at radius 3 is 2.57 bits per heavy atom. The monoisotopic (exact) mass is 376 g/mol. The number of rotatable bonds is 8. The van der Waals surface area contributed by atoms with Crippen LogP contribution >= 0.6 is 27.3 Å². The second-order valence-corrected chi connectivity index (χ2v) is 7.91. The van der Waals surface area contributed by atoms with Crippen molar-refractivity contribution in [3.8, 4) is 0 Å². The minimum atomic E-state index is -0.828. The summed E-state index contributed by atoms with van der Waals surface area (Å²) in [5, 5.41) is 14.4. The van der Waals surface area contributed by atoms with Crippen LogP contribution in [0, 0.1) is 11.8 Å². The first kappa shape index (κ1) is 18.0. The Morgan fingerprint density at radius 1 is 1.33 bits per heavy atom. The van der Waals surface area contributed by atoms with Gasteiger partial charge in [-0.1, -0.05) is 13.8 Å². The van der Waals surface area contributed by atoms with Crippen molar-refractivity contribution < 1.29 is 14.7 Å². The van der Waals surface area contributed by atoms with Gasteiger partial charge in [0, 0.05) is 17.8 Å². The first-order chi connectivity index (χ1) is 9.86. The molecule has 1 atom stereocenters. The van der Waals surface area contributed by atoms with Crippen molar-refractivity contribution in [1.82, 2.24) is 10.6 Å². The topological polar surface area (TPSA) is 78.4 Å². The molecule has 0 spiro atoms. The number of hydrogen-bond acceptors (Lipinski definition) is 3. The number of amides is 2. The van der Waals surface area contributed by atoms with Gasteiger partial charge in [-0.05, 0) is 46.3 Å². The van der Waals surface area contributed by atoms with E-state index in [4.69, 9.17) is 5.11 Å². The van der Waals surface area contributed by atoms with Gasteiger partial charge in [0.1, 0.15) is 0 Å². The maximum atomic E-state index is 11.7. The lowest BCUT2D eigenvalue weighted by Gasteiger charge is -2.17. The van der Waals surface area contributed by atoms with Crippen molar-refractivity contribution in [2.75, 3.05) is 6.54 Å². The van der Waals surface area contributed by atoms with Crippen LogP contribution in [0.15, 0.2) is 15.9 Å². The number of carboxylic acids is 1. The van der Waals surface area contributed by atoms with Gasteiger partial charge in [-0.25, -0.2) is 4.79 Å². The molecular weight excluding hydrogens is 356 g/mol. The Hall–Kier alpha value is -1.08. The quantitative estimate of drug-likeness (QED) is 0.649. The van der Waals surface area contributed by atoms with Crippen LogP contribution in [0.3, 0.4) is 0 Å². The van der Waals surface area contributed by atoms with Crippen molar-refractivity contribution in [3.63, 3.8) is 0 Å². The Bertz CT molecular complexity index is 477. The Morgan fingerprint density at radius 2 is 2.05 bits per heavy atom. The van der Waals surface area contributed by atoms with E-state index in [0.29, 0.717) is 19.0 Å². The van der Waals surface area contributed by atoms with E-state index in [2.05, 4.69) is 26.6 Å². The highest BCUT2D eigenvalue weighted by Gasteiger charge is 2.16. The number of carbonyl (C=O) groups is 2. The van der Waals surface area contributed by atoms with Crippen molar-refractivity contribution in [1.29, 1.82) is 0 Å². The molecule has 1 aromatic heterocycles. The summed E-state index contributed by atoms with van der Waals surface area (Å²) in [5.74, 6) is -0.460. The molecule has 0 fully saturated rings. The number of aliphatic carboxylic acids is 1. The van der Waals surface area contributed by atoms with E-state index in [0.717, 1.165) is 15.1 Å². The van der Waals surface area contributed by atoms with Crippen LogP contribution in [0.5, 0.6) is 0 Å². The molecule has 0 radical (unpaired) electrons. The second-order valence-electron chi connectivity index (χ2n) is 5.36. The molecule has 2 amide bonds. The summed E-state index contributed by atoms with van der Waals surface area (Å²) in [4.78, 5) is 23.6. The third-order valence-electron chi connectivity index (χ3n) is 2.87. The maximum Gasteiger partial charge on any atom is 0.315 e. The standard InChI is InChI=1S/C14H21BrN2O3S/c1-9(2)5-10(6-13(18)19)7-16-14(20)17-8-11-3-4-12(15)21-11/h3-4,9-10H,5-8H2,1-2H3,(H,18,19)(H2,16,17,20). The van der Waals surface area contributed by atoms with Crippen LogP contribution in [0.25, 0.3) is 0 Å². The minimum absolute atomic E-state index is 0.0378. The lowest BCUT2D eigenvalue weighted by Crippen LogP contribution is -2.38. The number of hydrogen-bond donors (Lipinski definition) is 3. The summed E-state index contributed by atoms with van der Waals surface area (Å²) < 4.78 is 1.03. The molecule has 3 N–H and O–H groups in total. The molecule has 7 heteroatoms. The molecule has 0 aliphatic carbocycles. The largest absolute Gasteiger partial charge is 0.481 e. The Kier molecular flexibility index (Phi) is 7.74. The molecule has 0 aliphatic rings. The van der Waals surface area contributed by atoms with Crippen LogP contribution in [0.1, 0.15) is 31.6 Å². The van der Waals surface area contributed by atoms with E-state index in [1.165, 1.54) is 0 Å². The Labute approximate surface area is 137 Å². The van der Waals surface area contributed by atoms with E-state index < -0.39 is 5.97 Å². The lowest BCUT2D eigenvalue weighted by molar-refractivity contribution is -0.138. The number of carboxylic acid groups (broad SMARTS) is 1. The average Bonchev–Trinajstić information content (AvgIpc) is 2.78. The zero-order valence-electron chi connectivity index (χ0n) is 12.2. The number of urea groups is 1. The fraction of sp³-hybridized carbons (Fsp3) is 0.571. The fourth-order valence-electron chi connectivity index (χ4n) is 2.07. The molecule has 5 nitrogen and oxygen atoms in total. The molecule has 1 heterocycles. The number of thiophene rings is 1. The average molecular weight is 377 g/mol. The zero-order valence-corrected chi connectivity index (χ0v) is 14.6. The van der Waals surface area contributed by atoms with Gasteiger partial charge in [0.15, 0.2) is 0 Å². The molecule has 0 bridgehead atoms. The molecule has 0 aliphatic heterocycles. The smallest absolute Gasteiger partial charge is 0.315 e. The van der Waals surface area contributed by atoms with E-state index >= 15 is 0 Å². The second kappa shape index (κ2) is 9.04. The molecule has 1 rings (SSSR count). The number of halogens is 1. The van der Waals surface area contributed by atoms with Gasteiger partial charge in [-0.15, -0.1) is 11.3 Å². The number of carbonyl (C=O) groups excluding carboxylic acids is 1. The first-order valence-electron chi connectivity index (χ1n) is 6.84. The van der Waals surface area contributed by atoms with E-state index in [9.17, 15) is 9.59 Å². The highest BCUT2D eigenvalue weighted by Crippen LogP contribution is 2.21. The van der Waals surface area contributed by atoms with Gasteiger partial charge in [0.25, 0.3) is 0 Å². The molecule has 21 heavy (non-hydrogen) atoms. The van der Waals surface area contributed by atoms with Gasteiger partial charge >= 0.3 is 12.0 Å². The molecule has 118 valence electrons. The highest BCUT2D eigenvalue weighted by atomic mass is 79.9. The summed E-state index contributed by atoms with van der Waals surface area (Å²) in [6.07, 6.45) is 0.862. The van der Waals surface area contributed by atoms with Gasteiger partial charge < -0.3 is 15.7 Å². The lowest BCUT2D eigenvalue weighted by atomic mass is 9.94. The summed E-state index contributed by atoms with van der Waals surface area (Å²) in [6, 6.07) is 3.62. The van der Waals surface area contributed by atoms with Crippen LogP contribution in [-0.2, 0) is 11.3 Å². The highest BCUT2D eigenvalue weighted by molar-refractivity contribution is 9.11. The predicted molar refractivity (Wildman–Crippen MR) is 87.5 cm³/mol. The summed E-state index contributed by atoms with van der Waals surface area (Å²) in [7, 11) is 0. The third kappa shape index (κ3) is 8.06. The van der Waals surface area contributed by atoms with Gasteiger partial charge in [0.05, 0.1) is 10.3 Å². The molecule has 1 aromatic rings. The van der Waals surface area contributed by atoms with E-state index in [-0.39, 0.29) is 18.4 Å². The van der Waals surface area contributed by atoms with Crippen molar-refractivity contribution >= 4 is 39.3 Å². The van der Waals surface area contributed by atoms with E-state index in [1.54, 1.807) is 11.3 Å². The zero-order chi connectivity index (χ0) is 15.8. The van der Waals surface area contributed by atoms with Crippen LogP contribution in [0.4, 0.5) is 4.79 Å². The van der Waals surface area contributed by atoms with Crippen molar-refractivity contribution in [2.45, 2.75) is 33.2 Å².